The monoisotopic (exact) mass is 512 g/mol. The molecule has 16 N–H and O–H groups in total. The molecule has 18 heteroatoms. The summed E-state index contributed by atoms with van der Waals surface area (Å²) in [6, 6.07) is 0. The third-order valence-electron chi connectivity index (χ3n) is 3.02. The van der Waals surface area contributed by atoms with Gasteiger partial charge in [-0.25, -0.2) is 4.79 Å². The van der Waals surface area contributed by atoms with Crippen LogP contribution in [0.4, 0.5) is 4.79 Å². The minimum atomic E-state index is -1.83. The molecule has 0 aliphatic heterocycles. The minimum Gasteiger partial charge on any atom is 0.316 e. The first-order valence-corrected chi connectivity index (χ1v) is 7.61. The Kier molecular flexibility index (Phi) is 39.5. The zero-order chi connectivity index (χ0) is 23.0. The number of aliphatic hydroxyl groups excluding tert-OH is 12. The van der Waals surface area contributed by atoms with Gasteiger partial charge in [0.15, 0.2) is 0 Å². The van der Waals surface area contributed by atoms with Crippen molar-refractivity contribution in [3.8, 4) is 0 Å². The van der Waals surface area contributed by atoms with E-state index in [0.717, 1.165) is 0 Å². The zero-order valence-electron chi connectivity index (χ0n) is 15.1. The molecule has 0 rings (SSSR count). The molecule has 0 fully saturated rings. The molecule has 0 aromatic rings. The van der Waals surface area contributed by atoms with Gasteiger partial charge in [-0.15, -0.1) is 0 Å². The Hall–Kier alpha value is 0.776. The van der Waals surface area contributed by atoms with E-state index in [-0.39, 0.29) is 66.3 Å². The summed E-state index contributed by atoms with van der Waals surface area (Å²) < 4.78 is 0. The maximum absolute atomic E-state index is 8.96. The molecule has 0 aliphatic rings. The van der Waals surface area contributed by atoms with E-state index in [0.29, 0.717) is 0 Å². The fourth-order valence-corrected chi connectivity index (χ4v) is 1.34. The molecule has 0 amide bonds. The van der Waals surface area contributed by atoms with Crippen LogP contribution in [0.3, 0.4) is 0 Å². The molecule has 0 aromatic heterocycles. The van der Waals surface area contributed by atoms with Crippen LogP contribution in [0.5, 0.6) is 0 Å². The predicted octanol–water partition coefficient (Wildman–Crippen LogP) is -9.61. The number of rotatable bonds is 10. The van der Waals surface area contributed by atoms with Crippen molar-refractivity contribution < 1.29 is 81.8 Å². The normalized spacial score (nSPS) is 17.4. The van der Waals surface area contributed by atoms with E-state index in [9.17, 15) is 0 Å². The summed E-state index contributed by atoms with van der Waals surface area (Å²) in [5, 5.41) is 118. The van der Waals surface area contributed by atoms with Crippen molar-refractivity contribution in [2.45, 2.75) is 48.8 Å². The van der Waals surface area contributed by atoms with Crippen molar-refractivity contribution in [3.63, 3.8) is 0 Å². The van der Waals surface area contributed by atoms with E-state index < -0.39 is 81.4 Å². The van der Waals surface area contributed by atoms with Crippen LogP contribution in [0.25, 0.3) is 0 Å². The van der Waals surface area contributed by atoms with E-state index in [1.807, 2.05) is 0 Å². The van der Waals surface area contributed by atoms with Crippen LogP contribution in [-0.2, 0) is 0 Å². The van der Waals surface area contributed by atoms with Crippen LogP contribution in [-0.4, -0.2) is 219 Å². The maximum atomic E-state index is 8.96. The second-order valence-corrected chi connectivity index (χ2v) is 5.24. The van der Waals surface area contributed by atoms with E-state index in [1.54, 1.807) is 0 Å². The predicted molar refractivity (Wildman–Crippen MR) is 108 cm³/mol. The number of carbonyl (C=O) groups is 1. The quantitative estimate of drug-likeness (QED) is 0.121. The SMILES string of the molecule is O.O=C(O)O.OCC(O)C(O)C(O)C(O)CO.OCC(O)C(O)C(O)C(O)CO.[CaH2].[MgH2]. The summed E-state index contributed by atoms with van der Waals surface area (Å²) in [5.74, 6) is 0. The molecule has 8 atom stereocenters. The summed E-state index contributed by atoms with van der Waals surface area (Å²) in [6.07, 6.45) is -14.6. The van der Waals surface area contributed by atoms with Crippen molar-refractivity contribution in [2.24, 2.45) is 0 Å². The Morgan fingerprint density at radius 3 is 0.677 bits per heavy atom. The average Bonchev–Trinajstić information content (AvgIpc) is 2.68. The van der Waals surface area contributed by atoms with Gasteiger partial charge in [0.25, 0.3) is 0 Å². The average molecular weight is 513 g/mol. The summed E-state index contributed by atoms with van der Waals surface area (Å²) >= 11 is 0. The van der Waals surface area contributed by atoms with Gasteiger partial charge < -0.3 is 77.0 Å². The van der Waals surface area contributed by atoms with E-state index >= 15 is 0 Å². The first kappa shape index (κ1) is 45.3. The smallest absolute Gasteiger partial charge is 0.316 e. The Balaban J connectivity index is -0.0000000793. The second-order valence-electron chi connectivity index (χ2n) is 5.24. The number of hydrogen-bond donors (Lipinski definition) is 14. The Labute approximate surface area is 222 Å². The van der Waals surface area contributed by atoms with Crippen LogP contribution < -0.4 is 0 Å². The summed E-state index contributed by atoms with van der Waals surface area (Å²) in [6.45, 7) is -2.90. The van der Waals surface area contributed by atoms with Gasteiger partial charge in [-0.1, -0.05) is 0 Å². The molecule has 16 nitrogen and oxygen atoms in total. The number of aliphatic hydroxyl groups is 12. The van der Waals surface area contributed by atoms with Gasteiger partial charge in [0.2, 0.25) is 0 Å². The minimum absolute atomic E-state index is 0. The van der Waals surface area contributed by atoms with Crippen LogP contribution in [0, 0.1) is 0 Å². The molecule has 0 aliphatic carbocycles. The van der Waals surface area contributed by atoms with Crippen molar-refractivity contribution in [1.29, 1.82) is 0 Å². The van der Waals surface area contributed by atoms with Crippen LogP contribution in [0.1, 0.15) is 0 Å². The molecule has 0 spiro atoms. The third-order valence-corrected chi connectivity index (χ3v) is 3.02. The zero-order valence-corrected chi connectivity index (χ0v) is 15.1. The molecular weight excluding hydrogens is 477 g/mol. The molecule has 31 heavy (non-hydrogen) atoms. The maximum Gasteiger partial charge on any atom is 0.316 e. The molecule has 188 valence electrons. The molecule has 0 saturated heterocycles. The van der Waals surface area contributed by atoms with Crippen molar-refractivity contribution in [3.05, 3.63) is 0 Å². The fourth-order valence-electron chi connectivity index (χ4n) is 1.34. The first-order valence-electron chi connectivity index (χ1n) is 7.61. The van der Waals surface area contributed by atoms with Gasteiger partial charge in [-0.05, 0) is 0 Å². The van der Waals surface area contributed by atoms with Crippen molar-refractivity contribution in [1.82, 2.24) is 0 Å². The van der Waals surface area contributed by atoms with Crippen molar-refractivity contribution >= 4 is 66.9 Å². The first-order chi connectivity index (χ1) is 12.8. The molecule has 0 radical (unpaired) electrons. The van der Waals surface area contributed by atoms with Crippen LogP contribution >= 0.6 is 0 Å². The van der Waals surface area contributed by atoms with Crippen LogP contribution in [0.2, 0.25) is 0 Å². The van der Waals surface area contributed by atoms with Gasteiger partial charge >= 0.3 is 66.9 Å². The van der Waals surface area contributed by atoms with Gasteiger partial charge in [-0.3, -0.25) is 0 Å². The summed E-state index contributed by atoms with van der Waals surface area (Å²) in [4.78, 5) is 8.56. The largest absolute Gasteiger partial charge is 0.316 e. The van der Waals surface area contributed by atoms with Gasteiger partial charge in [-0.2, -0.15) is 0 Å². The number of hydrogen-bond acceptors (Lipinski definition) is 13. The third kappa shape index (κ3) is 23.7. The van der Waals surface area contributed by atoms with Gasteiger partial charge in [0.1, 0.15) is 48.8 Å². The van der Waals surface area contributed by atoms with E-state index in [1.165, 1.54) is 0 Å². The molecule has 8 unspecified atom stereocenters. The fraction of sp³-hybridized carbons (Fsp3) is 0.923. The molecular formula is C13H36CaMgO16. The van der Waals surface area contributed by atoms with E-state index in [2.05, 4.69) is 0 Å². The molecule has 0 bridgehead atoms. The van der Waals surface area contributed by atoms with Crippen LogP contribution in [0.15, 0.2) is 0 Å². The standard InChI is InChI=1S/2C6H14O6.CH2O3.Ca.Mg.H2O.4H/c2*7-1-3(9)5(11)6(12)4(10)2-8;2-1(3)4;;;;;;;/h2*3-12H,1-2H2;(H2,2,3,4);;;1H2;;;;. The Bertz CT molecular complexity index is 323. The van der Waals surface area contributed by atoms with Gasteiger partial charge in [0, 0.05) is 0 Å². The topological polar surface area (TPSA) is 332 Å². The molecule has 0 aromatic carbocycles. The Morgan fingerprint density at radius 2 is 0.613 bits per heavy atom. The molecule has 0 heterocycles. The summed E-state index contributed by atoms with van der Waals surface area (Å²) in [5.41, 5.74) is 0. The second kappa shape index (κ2) is 27.0. The van der Waals surface area contributed by atoms with E-state index in [4.69, 9.17) is 76.3 Å². The summed E-state index contributed by atoms with van der Waals surface area (Å²) in [7, 11) is 0. The Morgan fingerprint density at radius 1 is 0.516 bits per heavy atom. The molecule has 0 saturated carbocycles. The van der Waals surface area contributed by atoms with Crippen molar-refractivity contribution in [2.75, 3.05) is 26.4 Å². The van der Waals surface area contributed by atoms with Gasteiger partial charge in [0.05, 0.1) is 26.4 Å². The number of carboxylic acid groups (broad SMARTS) is 2.